The summed E-state index contributed by atoms with van der Waals surface area (Å²) in [4.78, 5) is 14.9. The summed E-state index contributed by atoms with van der Waals surface area (Å²) in [6.45, 7) is 0.670. The fourth-order valence-electron chi connectivity index (χ4n) is 0.997. The second kappa shape index (κ2) is 4.19. The SMILES string of the molecule is Brc1cc(NCc2cnc[nH]2)ncn1. The van der Waals surface area contributed by atoms with Crippen LogP contribution in [0.2, 0.25) is 0 Å². The smallest absolute Gasteiger partial charge is 0.130 e. The molecule has 0 atom stereocenters. The summed E-state index contributed by atoms with van der Waals surface area (Å²) in [6, 6.07) is 1.82. The molecule has 14 heavy (non-hydrogen) atoms. The Bertz CT molecular complexity index is 400. The summed E-state index contributed by atoms with van der Waals surface area (Å²) in [5.41, 5.74) is 1.01. The van der Waals surface area contributed by atoms with Crippen molar-refractivity contribution in [1.29, 1.82) is 0 Å². The molecule has 2 N–H and O–H groups in total. The Labute approximate surface area is 89.1 Å². The van der Waals surface area contributed by atoms with Crippen molar-refractivity contribution in [3.8, 4) is 0 Å². The second-order valence-electron chi connectivity index (χ2n) is 2.66. The third-order valence-electron chi connectivity index (χ3n) is 1.65. The van der Waals surface area contributed by atoms with Crippen LogP contribution < -0.4 is 5.32 Å². The molecular weight excluding hydrogens is 246 g/mol. The first-order valence-electron chi connectivity index (χ1n) is 4.03. The van der Waals surface area contributed by atoms with Crippen molar-refractivity contribution >= 4 is 21.7 Å². The highest BCUT2D eigenvalue weighted by atomic mass is 79.9. The Kier molecular flexibility index (Phi) is 2.73. The highest BCUT2D eigenvalue weighted by Gasteiger charge is 1.96. The molecule has 0 amide bonds. The van der Waals surface area contributed by atoms with Gasteiger partial charge in [0.05, 0.1) is 18.6 Å². The van der Waals surface area contributed by atoms with E-state index in [-0.39, 0.29) is 0 Å². The number of hydrogen-bond donors (Lipinski definition) is 2. The van der Waals surface area contributed by atoms with E-state index >= 15 is 0 Å². The maximum atomic E-state index is 4.05. The number of imidazole rings is 1. The first-order valence-corrected chi connectivity index (χ1v) is 4.82. The van der Waals surface area contributed by atoms with Crippen LogP contribution in [0.4, 0.5) is 5.82 Å². The van der Waals surface area contributed by atoms with Gasteiger partial charge in [-0.25, -0.2) is 15.0 Å². The number of hydrogen-bond acceptors (Lipinski definition) is 4. The number of aromatic nitrogens is 4. The average Bonchev–Trinajstić information content (AvgIpc) is 2.67. The van der Waals surface area contributed by atoms with Crippen molar-refractivity contribution in [3.05, 3.63) is 35.2 Å². The van der Waals surface area contributed by atoms with Crippen LogP contribution >= 0.6 is 15.9 Å². The number of nitrogens with zero attached hydrogens (tertiary/aromatic N) is 3. The van der Waals surface area contributed by atoms with Crippen LogP contribution in [0.15, 0.2) is 29.5 Å². The molecule has 2 aromatic heterocycles. The van der Waals surface area contributed by atoms with Gasteiger partial charge in [-0.3, -0.25) is 0 Å². The number of nitrogens with one attached hydrogen (secondary N) is 2. The molecule has 0 unspecified atom stereocenters. The molecule has 2 heterocycles. The van der Waals surface area contributed by atoms with Gasteiger partial charge in [0.1, 0.15) is 16.7 Å². The van der Waals surface area contributed by atoms with E-state index < -0.39 is 0 Å². The molecule has 0 radical (unpaired) electrons. The lowest BCUT2D eigenvalue weighted by molar-refractivity contribution is 1.03. The Morgan fingerprint density at radius 2 is 2.36 bits per heavy atom. The average molecular weight is 254 g/mol. The molecule has 0 saturated carbocycles. The number of halogens is 1. The Balaban J connectivity index is 1.98. The van der Waals surface area contributed by atoms with E-state index in [0.29, 0.717) is 6.54 Å². The Hall–Kier alpha value is -1.43. The zero-order valence-corrected chi connectivity index (χ0v) is 8.82. The molecular formula is C8H8BrN5. The topological polar surface area (TPSA) is 66.5 Å². The third kappa shape index (κ3) is 2.29. The molecule has 0 aliphatic heterocycles. The van der Waals surface area contributed by atoms with E-state index in [2.05, 4.69) is 41.2 Å². The van der Waals surface area contributed by atoms with Crippen molar-refractivity contribution in [2.75, 3.05) is 5.32 Å². The lowest BCUT2D eigenvalue weighted by Gasteiger charge is -2.02. The highest BCUT2D eigenvalue weighted by molar-refractivity contribution is 9.10. The summed E-state index contributed by atoms with van der Waals surface area (Å²) in [6.07, 6.45) is 4.91. The number of anilines is 1. The molecule has 0 aliphatic carbocycles. The predicted molar refractivity (Wildman–Crippen MR) is 55.6 cm³/mol. The maximum absolute atomic E-state index is 4.05. The first-order chi connectivity index (χ1) is 6.84. The maximum Gasteiger partial charge on any atom is 0.130 e. The van der Waals surface area contributed by atoms with Crippen LogP contribution in [0.3, 0.4) is 0 Å². The van der Waals surface area contributed by atoms with Crippen molar-refractivity contribution in [2.24, 2.45) is 0 Å². The van der Waals surface area contributed by atoms with Crippen LogP contribution in [0, 0.1) is 0 Å². The summed E-state index contributed by atoms with van der Waals surface area (Å²) < 4.78 is 0.764. The van der Waals surface area contributed by atoms with Crippen LogP contribution in [-0.4, -0.2) is 19.9 Å². The van der Waals surface area contributed by atoms with Crippen molar-refractivity contribution < 1.29 is 0 Å². The predicted octanol–water partition coefficient (Wildman–Crippen LogP) is 1.57. The molecule has 0 bridgehead atoms. The van der Waals surface area contributed by atoms with Crippen LogP contribution in [-0.2, 0) is 6.54 Å². The van der Waals surface area contributed by atoms with Crippen molar-refractivity contribution in [3.63, 3.8) is 0 Å². The minimum Gasteiger partial charge on any atom is -0.364 e. The summed E-state index contributed by atoms with van der Waals surface area (Å²) >= 11 is 3.27. The van der Waals surface area contributed by atoms with Gasteiger partial charge in [-0.2, -0.15) is 0 Å². The minimum atomic E-state index is 0.670. The van der Waals surface area contributed by atoms with E-state index in [1.807, 2.05) is 6.07 Å². The molecule has 72 valence electrons. The van der Waals surface area contributed by atoms with E-state index in [0.717, 1.165) is 16.1 Å². The molecule has 0 saturated heterocycles. The monoisotopic (exact) mass is 253 g/mol. The van der Waals surface area contributed by atoms with Gasteiger partial charge in [0.25, 0.3) is 0 Å². The lowest BCUT2D eigenvalue weighted by atomic mass is 10.4. The zero-order valence-electron chi connectivity index (χ0n) is 7.24. The van der Waals surface area contributed by atoms with Crippen molar-refractivity contribution in [2.45, 2.75) is 6.54 Å². The number of H-pyrrole nitrogens is 1. The quantitative estimate of drug-likeness (QED) is 0.816. The van der Waals surface area contributed by atoms with E-state index in [4.69, 9.17) is 0 Å². The van der Waals surface area contributed by atoms with Gasteiger partial charge in [-0.15, -0.1) is 0 Å². The van der Waals surface area contributed by atoms with Crippen molar-refractivity contribution in [1.82, 2.24) is 19.9 Å². The minimum absolute atomic E-state index is 0.670. The summed E-state index contributed by atoms with van der Waals surface area (Å²) in [5, 5.41) is 3.14. The molecule has 6 heteroatoms. The Morgan fingerprint density at radius 3 is 3.07 bits per heavy atom. The van der Waals surface area contributed by atoms with Crippen LogP contribution in [0.1, 0.15) is 5.69 Å². The molecule has 2 aromatic rings. The van der Waals surface area contributed by atoms with Crippen LogP contribution in [0.5, 0.6) is 0 Å². The molecule has 2 rings (SSSR count). The molecule has 0 fully saturated rings. The molecule has 0 aromatic carbocycles. The van der Waals surface area contributed by atoms with E-state index in [1.54, 1.807) is 12.5 Å². The largest absolute Gasteiger partial charge is 0.364 e. The van der Waals surface area contributed by atoms with E-state index in [1.165, 1.54) is 6.33 Å². The molecule has 0 aliphatic rings. The van der Waals surface area contributed by atoms with Gasteiger partial charge in [-0.1, -0.05) is 0 Å². The summed E-state index contributed by atoms with van der Waals surface area (Å²) in [7, 11) is 0. The normalized spacial score (nSPS) is 10.1. The highest BCUT2D eigenvalue weighted by Crippen LogP contribution is 2.09. The van der Waals surface area contributed by atoms with Gasteiger partial charge < -0.3 is 10.3 Å². The second-order valence-corrected chi connectivity index (χ2v) is 3.47. The lowest BCUT2D eigenvalue weighted by Crippen LogP contribution is -2.01. The third-order valence-corrected chi connectivity index (χ3v) is 2.08. The first kappa shape index (κ1) is 9.14. The summed E-state index contributed by atoms with van der Waals surface area (Å²) in [5.74, 6) is 0.779. The van der Waals surface area contributed by atoms with Crippen LogP contribution in [0.25, 0.3) is 0 Å². The number of aromatic amines is 1. The van der Waals surface area contributed by atoms with Gasteiger partial charge in [0, 0.05) is 12.3 Å². The van der Waals surface area contributed by atoms with Gasteiger partial charge in [0.15, 0.2) is 0 Å². The molecule has 0 spiro atoms. The molecule has 5 nitrogen and oxygen atoms in total. The standard InChI is InChI=1S/C8H8BrN5/c9-7-1-8(14-5-13-7)11-3-6-2-10-4-12-6/h1-2,4-5H,3H2,(H,10,12)(H,11,13,14). The van der Waals surface area contributed by atoms with Gasteiger partial charge >= 0.3 is 0 Å². The fourth-order valence-corrected chi connectivity index (χ4v) is 1.31. The van der Waals surface area contributed by atoms with Gasteiger partial charge in [-0.05, 0) is 15.9 Å². The van der Waals surface area contributed by atoms with Gasteiger partial charge in [0.2, 0.25) is 0 Å². The van der Waals surface area contributed by atoms with E-state index in [9.17, 15) is 0 Å². The fraction of sp³-hybridized carbons (Fsp3) is 0.125. The zero-order chi connectivity index (χ0) is 9.80. The number of rotatable bonds is 3. The Morgan fingerprint density at radius 1 is 1.43 bits per heavy atom.